The van der Waals surface area contributed by atoms with Gasteiger partial charge in [0.2, 0.25) is 0 Å². The first kappa shape index (κ1) is 12.8. The van der Waals surface area contributed by atoms with E-state index in [0.29, 0.717) is 17.2 Å². The Bertz CT molecular complexity index is 377. The highest BCUT2D eigenvalue weighted by Crippen LogP contribution is 2.28. The predicted molar refractivity (Wildman–Crippen MR) is 64.6 cm³/mol. The second-order valence-electron chi connectivity index (χ2n) is 4.50. The molecule has 0 aromatic heterocycles. The van der Waals surface area contributed by atoms with Gasteiger partial charge in [-0.05, 0) is 25.5 Å². The first-order chi connectivity index (χ1) is 8.09. The van der Waals surface area contributed by atoms with Crippen molar-refractivity contribution in [3.63, 3.8) is 0 Å². The Morgan fingerprint density at radius 3 is 2.94 bits per heavy atom. The van der Waals surface area contributed by atoms with Crippen LogP contribution < -0.4 is 0 Å². The third-order valence-corrected chi connectivity index (χ3v) is 3.76. The van der Waals surface area contributed by atoms with Gasteiger partial charge in [-0.1, -0.05) is 17.7 Å². The monoisotopic (exact) mass is 258 g/mol. The molecule has 0 spiro atoms. The first-order valence-electron chi connectivity index (χ1n) is 5.82. The maximum absolute atomic E-state index is 13.6. The Morgan fingerprint density at radius 2 is 2.35 bits per heavy atom. The highest BCUT2D eigenvalue weighted by Gasteiger charge is 2.31. The molecule has 1 saturated heterocycles. The molecule has 1 fully saturated rings. The van der Waals surface area contributed by atoms with Crippen molar-refractivity contribution in [1.82, 2.24) is 0 Å². The SMILES string of the molecule is CC1OCCC1C(O)Cc1c(F)cccc1Cl. The van der Waals surface area contributed by atoms with Gasteiger partial charge in [0, 0.05) is 29.5 Å². The molecule has 94 valence electrons. The minimum Gasteiger partial charge on any atom is -0.392 e. The number of aliphatic hydroxyl groups is 1. The molecule has 17 heavy (non-hydrogen) atoms. The van der Waals surface area contributed by atoms with Crippen molar-refractivity contribution in [3.05, 3.63) is 34.6 Å². The van der Waals surface area contributed by atoms with Crippen molar-refractivity contribution in [1.29, 1.82) is 0 Å². The molecule has 1 aliphatic rings. The molecule has 4 heteroatoms. The number of aliphatic hydroxyl groups excluding tert-OH is 1. The molecule has 2 rings (SSSR count). The minimum absolute atomic E-state index is 0.0237. The fourth-order valence-electron chi connectivity index (χ4n) is 2.34. The number of ether oxygens (including phenoxy) is 1. The van der Waals surface area contributed by atoms with Crippen molar-refractivity contribution in [3.8, 4) is 0 Å². The smallest absolute Gasteiger partial charge is 0.127 e. The standard InChI is InChI=1S/C13H16ClFO2/c1-8-9(5-6-17-8)13(16)7-10-11(14)3-2-4-12(10)15/h2-4,8-9,13,16H,5-7H2,1H3. The van der Waals surface area contributed by atoms with Gasteiger partial charge in [0.25, 0.3) is 0 Å². The summed E-state index contributed by atoms with van der Waals surface area (Å²) in [5.74, 6) is -0.297. The maximum atomic E-state index is 13.6. The average Bonchev–Trinajstić information content (AvgIpc) is 2.70. The van der Waals surface area contributed by atoms with Crippen molar-refractivity contribution >= 4 is 11.6 Å². The van der Waals surface area contributed by atoms with Crippen LogP contribution in [-0.4, -0.2) is 23.9 Å². The van der Waals surface area contributed by atoms with E-state index in [9.17, 15) is 9.50 Å². The molecule has 1 aromatic carbocycles. The van der Waals surface area contributed by atoms with Crippen LogP contribution in [0.2, 0.25) is 5.02 Å². The van der Waals surface area contributed by atoms with Crippen LogP contribution in [0.25, 0.3) is 0 Å². The van der Waals surface area contributed by atoms with Gasteiger partial charge >= 0.3 is 0 Å². The third-order valence-electron chi connectivity index (χ3n) is 3.40. The lowest BCUT2D eigenvalue weighted by atomic mass is 9.91. The number of hydrogen-bond donors (Lipinski definition) is 1. The van der Waals surface area contributed by atoms with Gasteiger partial charge in [-0.15, -0.1) is 0 Å². The molecule has 0 radical (unpaired) electrons. The Kier molecular flexibility index (Phi) is 4.02. The third kappa shape index (κ3) is 2.79. The van der Waals surface area contributed by atoms with Gasteiger partial charge in [0.15, 0.2) is 0 Å². The van der Waals surface area contributed by atoms with Crippen LogP contribution in [0.1, 0.15) is 18.9 Å². The fraction of sp³-hybridized carbons (Fsp3) is 0.538. The van der Waals surface area contributed by atoms with Crippen LogP contribution in [0.5, 0.6) is 0 Å². The van der Waals surface area contributed by atoms with E-state index >= 15 is 0 Å². The van der Waals surface area contributed by atoms with Crippen LogP contribution in [0, 0.1) is 11.7 Å². The molecule has 1 aromatic rings. The lowest BCUT2D eigenvalue weighted by molar-refractivity contribution is 0.0437. The molecule has 1 heterocycles. The van der Waals surface area contributed by atoms with Crippen molar-refractivity contribution in [2.24, 2.45) is 5.92 Å². The molecule has 1 aliphatic heterocycles. The maximum Gasteiger partial charge on any atom is 0.127 e. The van der Waals surface area contributed by atoms with Crippen LogP contribution in [0.4, 0.5) is 4.39 Å². The molecule has 0 amide bonds. The van der Waals surface area contributed by atoms with E-state index in [4.69, 9.17) is 16.3 Å². The van der Waals surface area contributed by atoms with Gasteiger partial charge < -0.3 is 9.84 Å². The first-order valence-corrected chi connectivity index (χ1v) is 6.20. The second-order valence-corrected chi connectivity index (χ2v) is 4.91. The second kappa shape index (κ2) is 5.34. The molecule has 2 nitrogen and oxygen atoms in total. The Labute approximate surface area is 105 Å². The zero-order valence-corrected chi connectivity index (χ0v) is 10.5. The number of benzene rings is 1. The highest BCUT2D eigenvalue weighted by molar-refractivity contribution is 6.31. The van der Waals surface area contributed by atoms with E-state index in [1.807, 2.05) is 6.92 Å². The molecule has 0 saturated carbocycles. The lowest BCUT2D eigenvalue weighted by Gasteiger charge is -2.21. The molecule has 3 atom stereocenters. The predicted octanol–water partition coefficient (Wildman–Crippen LogP) is 2.81. The minimum atomic E-state index is -0.609. The van der Waals surface area contributed by atoms with E-state index in [-0.39, 0.29) is 24.3 Å². The topological polar surface area (TPSA) is 29.5 Å². The normalized spacial score (nSPS) is 26.1. The number of hydrogen-bond acceptors (Lipinski definition) is 2. The van der Waals surface area contributed by atoms with Crippen molar-refractivity contribution < 1.29 is 14.2 Å². The van der Waals surface area contributed by atoms with E-state index in [0.717, 1.165) is 6.42 Å². The van der Waals surface area contributed by atoms with Crippen LogP contribution in [0.3, 0.4) is 0 Å². The van der Waals surface area contributed by atoms with Crippen molar-refractivity contribution in [2.75, 3.05) is 6.61 Å². The van der Waals surface area contributed by atoms with Gasteiger partial charge in [-0.3, -0.25) is 0 Å². The molecule has 0 bridgehead atoms. The largest absolute Gasteiger partial charge is 0.392 e. The van der Waals surface area contributed by atoms with E-state index < -0.39 is 6.10 Å². The van der Waals surface area contributed by atoms with Crippen LogP contribution >= 0.6 is 11.6 Å². The van der Waals surface area contributed by atoms with Gasteiger partial charge in [-0.25, -0.2) is 4.39 Å². The fourth-order valence-corrected chi connectivity index (χ4v) is 2.58. The Balaban J connectivity index is 2.10. The molecule has 1 N–H and O–H groups in total. The summed E-state index contributed by atoms with van der Waals surface area (Å²) in [6.45, 7) is 2.59. The number of rotatable bonds is 3. The summed E-state index contributed by atoms with van der Waals surface area (Å²) in [6.07, 6.45) is 0.468. The molecule has 3 unspecified atom stereocenters. The Hall–Kier alpha value is -0.640. The van der Waals surface area contributed by atoms with E-state index in [1.165, 1.54) is 6.07 Å². The summed E-state index contributed by atoms with van der Waals surface area (Å²) < 4.78 is 19.0. The van der Waals surface area contributed by atoms with Crippen LogP contribution in [-0.2, 0) is 11.2 Å². The molecular formula is C13H16ClFO2. The summed E-state index contributed by atoms with van der Waals surface area (Å²) in [4.78, 5) is 0. The quantitative estimate of drug-likeness (QED) is 0.903. The summed E-state index contributed by atoms with van der Waals surface area (Å²) in [6, 6.07) is 4.57. The number of halogens is 2. The lowest BCUT2D eigenvalue weighted by Crippen LogP contribution is -2.28. The summed E-state index contributed by atoms with van der Waals surface area (Å²) in [5, 5.41) is 10.5. The zero-order valence-electron chi connectivity index (χ0n) is 9.70. The average molecular weight is 259 g/mol. The molecule has 0 aliphatic carbocycles. The summed E-state index contributed by atoms with van der Waals surface area (Å²) in [7, 11) is 0. The summed E-state index contributed by atoms with van der Waals surface area (Å²) in [5.41, 5.74) is 0.390. The van der Waals surface area contributed by atoms with Crippen LogP contribution in [0.15, 0.2) is 18.2 Å². The van der Waals surface area contributed by atoms with E-state index in [2.05, 4.69) is 0 Å². The van der Waals surface area contributed by atoms with Gasteiger partial charge in [0.05, 0.1) is 12.2 Å². The molecular weight excluding hydrogens is 243 g/mol. The zero-order chi connectivity index (χ0) is 12.4. The summed E-state index contributed by atoms with van der Waals surface area (Å²) >= 11 is 5.93. The van der Waals surface area contributed by atoms with E-state index in [1.54, 1.807) is 12.1 Å². The van der Waals surface area contributed by atoms with Gasteiger partial charge in [-0.2, -0.15) is 0 Å². The van der Waals surface area contributed by atoms with Crippen molar-refractivity contribution in [2.45, 2.75) is 32.0 Å². The highest BCUT2D eigenvalue weighted by atomic mass is 35.5. The Morgan fingerprint density at radius 1 is 1.59 bits per heavy atom. The van der Waals surface area contributed by atoms with Gasteiger partial charge in [0.1, 0.15) is 5.82 Å².